The molecule has 2 aromatic carbocycles. The van der Waals surface area contributed by atoms with E-state index in [1.807, 2.05) is 24.3 Å². The Balaban J connectivity index is 2.30. The van der Waals surface area contributed by atoms with Crippen LogP contribution in [0.25, 0.3) is 16.7 Å². The molecule has 0 saturated heterocycles. The lowest BCUT2D eigenvalue weighted by atomic mass is 10.2. The van der Waals surface area contributed by atoms with Gasteiger partial charge in [-0.05, 0) is 30.3 Å². The number of imidazole rings is 1. The second-order valence-corrected chi connectivity index (χ2v) is 4.30. The zero-order chi connectivity index (χ0) is 12.7. The van der Waals surface area contributed by atoms with E-state index >= 15 is 0 Å². The fraction of sp³-hybridized carbons (Fsp3) is 0. The summed E-state index contributed by atoms with van der Waals surface area (Å²) in [6, 6.07) is 12.0. The fourth-order valence-corrected chi connectivity index (χ4v) is 2.11. The van der Waals surface area contributed by atoms with Gasteiger partial charge in [-0.3, -0.25) is 4.57 Å². The van der Waals surface area contributed by atoms with Crippen LogP contribution in [0.4, 0.5) is 10.3 Å². The van der Waals surface area contributed by atoms with Crippen LogP contribution in [-0.2, 0) is 0 Å². The average Bonchev–Trinajstić information content (AvgIpc) is 2.69. The monoisotopic (exact) mass is 261 g/mol. The van der Waals surface area contributed by atoms with E-state index in [-0.39, 0.29) is 5.02 Å². The molecule has 1 heterocycles. The van der Waals surface area contributed by atoms with Crippen LogP contribution in [0.2, 0.25) is 5.02 Å². The highest BCUT2D eigenvalue weighted by Gasteiger charge is 2.10. The Bertz CT molecular complexity index is 736. The minimum Gasteiger partial charge on any atom is -0.369 e. The van der Waals surface area contributed by atoms with Crippen LogP contribution < -0.4 is 5.73 Å². The first-order valence-electron chi connectivity index (χ1n) is 5.35. The van der Waals surface area contributed by atoms with E-state index in [4.69, 9.17) is 17.3 Å². The minimum absolute atomic E-state index is 0.0599. The number of halogens is 2. The molecule has 3 rings (SSSR count). The number of aromatic nitrogens is 2. The Morgan fingerprint density at radius 3 is 2.72 bits per heavy atom. The second-order valence-electron chi connectivity index (χ2n) is 3.89. The molecule has 0 saturated carbocycles. The molecule has 0 aliphatic heterocycles. The molecule has 0 amide bonds. The number of rotatable bonds is 1. The summed E-state index contributed by atoms with van der Waals surface area (Å²) < 4.78 is 14.9. The van der Waals surface area contributed by atoms with Crippen LogP contribution in [-0.4, -0.2) is 9.55 Å². The molecule has 0 aliphatic rings. The molecule has 3 aromatic rings. The van der Waals surface area contributed by atoms with Crippen LogP contribution in [0, 0.1) is 5.82 Å². The molecular formula is C13H9ClFN3. The number of hydrogen-bond acceptors (Lipinski definition) is 2. The molecule has 0 unspecified atom stereocenters. The van der Waals surface area contributed by atoms with Gasteiger partial charge in [-0.15, -0.1) is 0 Å². The van der Waals surface area contributed by atoms with Crippen molar-refractivity contribution in [2.75, 3.05) is 5.73 Å². The summed E-state index contributed by atoms with van der Waals surface area (Å²) in [5.74, 6) is -0.109. The maximum absolute atomic E-state index is 13.2. The summed E-state index contributed by atoms with van der Waals surface area (Å²) in [5.41, 5.74) is 8.22. The number of nitrogen functional groups attached to an aromatic ring is 1. The van der Waals surface area contributed by atoms with Gasteiger partial charge in [-0.2, -0.15) is 0 Å². The maximum Gasteiger partial charge on any atom is 0.205 e. The smallest absolute Gasteiger partial charge is 0.205 e. The summed E-state index contributed by atoms with van der Waals surface area (Å²) in [6.07, 6.45) is 0. The Morgan fingerprint density at radius 2 is 1.94 bits per heavy atom. The van der Waals surface area contributed by atoms with E-state index in [1.165, 1.54) is 12.1 Å². The number of nitrogens with two attached hydrogens (primary N) is 1. The van der Waals surface area contributed by atoms with Crippen molar-refractivity contribution in [3.8, 4) is 5.69 Å². The van der Waals surface area contributed by atoms with E-state index in [0.717, 1.165) is 11.0 Å². The first kappa shape index (κ1) is 11.0. The molecule has 5 heteroatoms. The molecular weight excluding hydrogens is 253 g/mol. The largest absolute Gasteiger partial charge is 0.369 e. The maximum atomic E-state index is 13.2. The van der Waals surface area contributed by atoms with Crippen molar-refractivity contribution in [3.05, 3.63) is 53.3 Å². The Labute approximate surface area is 108 Å². The van der Waals surface area contributed by atoms with Gasteiger partial charge in [-0.1, -0.05) is 23.7 Å². The highest BCUT2D eigenvalue weighted by Crippen LogP contribution is 2.25. The quantitative estimate of drug-likeness (QED) is 0.730. The Hall–Kier alpha value is -2.07. The molecule has 90 valence electrons. The number of para-hydroxylation sites is 2. The van der Waals surface area contributed by atoms with Gasteiger partial charge in [-0.25, -0.2) is 9.37 Å². The van der Waals surface area contributed by atoms with E-state index in [0.29, 0.717) is 11.6 Å². The first-order chi connectivity index (χ1) is 8.66. The zero-order valence-corrected chi connectivity index (χ0v) is 10.0. The summed E-state index contributed by atoms with van der Waals surface area (Å²) in [5, 5.41) is 0.0599. The summed E-state index contributed by atoms with van der Waals surface area (Å²) in [7, 11) is 0. The van der Waals surface area contributed by atoms with E-state index in [1.54, 1.807) is 10.6 Å². The number of fused-ring (bicyclic) bond motifs is 1. The lowest BCUT2D eigenvalue weighted by Crippen LogP contribution is -2.00. The molecule has 0 radical (unpaired) electrons. The summed E-state index contributed by atoms with van der Waals surface area (Å²) >= 11 is 5.78. The van der Waals surface area contributed by atoms with E-state index in [9.17, 15) is 4.39 Å². The summed E-state index contributed by atoms with van der Waals surface area (Å²) in [6.45, 7) is 0. The van der Waals surface area contributed by atoms with E-state index in [2.05, 4.69) is 4.98 Å². The first-order valence-corrected chi connectivity index (χ1v) is 5.73. The van der Waals surface area contributed by atoms with Crippen LogP contribution in [0.5, 0.6) is 0 Å². The third kappa shape index (κ3) is 1.62. The van der Waals surface area contributed by atoms with Crippen molar-refractivity contribution < 1.29 is 4.39 Å². The highest BCUT2D eigenvalue weighted by molar-refractivity contribution is 6.30. The molecule has 0 spiro atoms. The normalized spacial score (nSPS) is 11.0. The lowest BCUT2D eigenvalue weighted by molar-refractivity contribution is 0.628. The standard InChI is InChI=1S/C13H9ClFN3/c14-9-7-8(5-6-10(9)15)18-12-4-2-1-3-11(12)17-13(18)16/h1-7H,(H2,16,17). The second kappa shape index (κ2) is 3.99. The number of benzene rings is 2. The van der Waals surface area contributed by atoms with Gasteiger partial charge in [0.25, 0.3) is 0 Å². The molecule has 18 heavy (non-hydrogen) atoms. The molecule has 0 fully saturated rings. The van der Waals surface area contributed by atoms with Gasteiger partial charge in [0.05, 0.1) is 21.7 Å². The van der Waals surface area contributed by atoms with Crippen LogP contribution in [0.1, 0.15) is 0 Å². The third-order valence-electron chi connectivity index (χ3n) is 2.75. The van der Waals surface area contributed by atoms with Gasteiger partial charge in [0.15, 0.2) is 0 Å². The van der Waals surface area contributed by atoms with Gasteiger partial charge >= 0.3 is 0 Å². The Kier molecular flexibility index (Phi) is 2.45. The number of nitrogens with zero attached hydrogens (tertiary/aromatic N) is 2. The van der Waals surface area contributed by atoms with Crippen LogP contribution in [0.15, 0.2) is 42.5 Å². The van der Waals surface area contributed by atoms with Crippen molar-refractivity contribution in [3.63, 3.8) is 0 Å². The number of anilines is 1. The average molecular weight is 262 g/mol. The molecule has 0 atom stereocenters. The Morgan fingerprint density at radius 1 is 1.17 bits per heavy atom. The van der Waals surface area contributed by atoms with Gasteiger partial charge in [0, 0.05) is 0 Å². The SMILES string of the molecule is Nc1nc2ccccc2n1-c1ccc(F)c(Cl)c1. The van der Waals surface area contributed by atoms with Crippen molar-refractivity contribution in [2.24, 2.45) is 0 Å². The molecule has 3 nitrogen and oxygen atoms in total. The number of hydrogen-bond donors (Lipinski definition) is 1. The third-order valence-corrected chi connectivity index (χ3v) is 3.04. The predicted molar refractivity (Wildman–Crippen MR) is 70.5 cm³/mol. The summed E-state index contributed by atoms with van der Waals surface area (Å²) in [4.78, 5) is 4.25. The van der Waals surface area contributed by atoms with Crippen molar-refractivity contribution in [1.29, 1.82) is 0 Å². The van der Waals surface area contributed by atoms with Crippen molar-refractivity contribution >= 4 is 28.6 Å². The van der Waals surface area contributed by atoms with Gasteiger partial charge in [0.1, 0.15) is 5.82 Å². The fourth-order valence-electron chi connectivity index (χ4n) is 1.94. The van der Waals surface area contributed by atoms with Crippen molar-refractivity contribution in [2.45, 2.75) is 0 Å². The van der Waals surface area contributed by atoms with Crippen LogP contribution >= 0.6 is 11.6 Å². The van der Waals surface area contributed by atoms with Gasteiger partial charge < -0.3 is 5.73 Å². The minimum atomic E-state index is -0.455. The molecule has 1 aromatic heterocycles. The molecule has 2 N–H and O–H groups in total. The predicted octanol–water partition coefficient (Wildman–Crippen LogP) is 3.40. The van der Waals surface area contributed by atoms with Crippen molar-refractivity contribution in [1.82, 2.24) is 9.55 Å². The molecule has 0 aliphatic carbocycles. The van der Waals surface area contributed by atoms with Crippen LogP contribution in [0.3, 0.4) is 0 Å². The topological polar surface area (TPSA) is 43.8 Å². The van der Waals surface area contributed by atoms with E-state index < -0.39 is 5.82 Å². The van der Waals surface area contributed by atoms with Gasteiger partial charge in [0.2, 0.25) is 5.95 Å². The molecule has 0 bridgehead atoms. The highest BCUT2D eigenvalue weighted by atomic mass is 35.5. The zero-order valence-electron chi connectivity index (χ0n) is 9.27. The lowest BCUT2D eigenvalue weighted by Gasteiger charge is -2.07.